The number of para-hydroxylation sites is 1. The third-order valence-electron chi connectivity index (χ3n) is 4.42. The lowest BCUT2D eigenvalue weighted by atomic mass is 10.1. The van der Waals surface area contributed by atoms with E-state index in [1.807, 2.05) is 25.1 Å². The Morgan fingerprint density at radius 3 is 2.65 bits per heavy atom. The summed E-state index contributed by atoms with van der Waals surface area (Å²) in [6.45, 7) is 2.62. The van der Waals surface area contributed by atoms with E-state index in [4.69, 9.17) is 9.47 Å². The van der Waals surface area contributed by atoms with E-state index in [1.165, 1.54) is 12.8 Å². The molecule has 0 radical (unpaired) electrons. The molecule has 0 aliphatic heterocycles. The van der Waals surface area contributed by atoms with Crippen molar-refractivity contribution in [1.29, 1.82) is 0 Å². The molecule has 0 heterocycles. The molecule has 1 aromatic rings. The van der Waals surface area contributed by atoms with Crippen molar-refractivity contribution in [3.8, 4) is 11.5 Å². The van der Waals surface area contributed by atoms with Gasteiger partial charge in [0.15, 0.2) is 11.5 Å². The summed E-state index contributed by atoms with van der Waals surface area (Å²) in [7, 11) is 3.28. The van der Waals surface area contributed by atoms with Crippen LogP contribution in [0.2, 0.25) is 0 Å². The second-order valence-corrected chi connectivity index (χ2v) is 6.07. The van der Waals surface area contributed by atoms with Crippen molar-refractivity contribution in [2.45, 2.75) is 51.1 Å². The molecule has 0 saturated heterocycles. The standard InChI is InChI=1S/C18H28N2O3/c1-13(18(21)20-15-8-4-5-9-15)19-12-11-14-7-6-10-16(22-2)17(14)23-3/h6-7,10,13,15,19H,4-5,8-9,11-12H2,1-3H3,(H,20,21)/t13-/m1/s1. The minimum Gasteiger partial charge on any atom is -0.493 e. The molecule has 1 fully saturated rings. The summed E-state index contributed by atoms with van der Waals surface area (Å²) in [6.07, 6.45) is 5.45. The summed E-state index contributed by atoms with van der Waals surface area (Å²) < 4.78 is 10.7. The van der Waals surface area contributed by atoms with Gasteiger partial charge in [0, 0.05) is 12.6 Å². The number of carbonyl (C=O) groups excluding carboxylic acids is 1. The molecule has 0 unspecified atom stereocenters. The lowest BCUT2D eigenvalue weighted by Crippen LogP contribution is -2.46. The maximum Gasteiger partial charge on any atom is 0.237 e. The predicted molar refractivity (Wildman–Crippen MR) is 91.1 cm³/mol. The number of methoxy groups -OCH3 is 2. The van der Waals surface area contributed by atoms with E-state index in [0.717, 1.165) is 36.3 Å². The number of amides is 1. The third-order valence-corrected chi connectivity index (χ3v) is 4.42. The van der Waals surface area contributed by atoms with Crippen LogP contribution in [-0.2, 0) is 11.2 Å². The van der Waals surface area contributed by atoms with Gasteiger partial charge in [0.05, 0.1) is 20.3 Å². The number of ether oxygens (including phenoxy) is 2. The molecule has 1 aromatic carbocycles. The average Bonchev–Trinajstić information content (AvgIpc) is 3.07. The van der Waals surface area contributed by atoms with Crippen LogP contribution in [0, 0.1) is 0 Å². The normalized spacial score (nSPS) is 16.1. The first kappa shape index (κ1) is 17.6. The highest BCUT2D eigenvalue weighted by atomic mass is 16.5. The molecule has 1 atom stereocenters. The lowest BCUT2D eigenvalue weighted by molar-refractivity contribution is -0.123. The predicted octanol–water partition coefficient (Wildman–Crippen LogP) is 2.28. The summed E-state index contributed by atoms with van der Waals surface area (Å²) in [6, 6.07) is 6.03. The van der Waals surface area contributed by atoms with Gasteiger partial charge in [-0.2, -0.15) is 0 Å². The minimum atomic E-state index is -0.188. The fourth-order valence-corrected chi connectivity index (χ4v) is 3.06. The number of carbonyl (C=O) groups is 1. The van der Waals surface area contributed by atoms with Crippen LogP contribution in [-0.4, -0.2) is 38.8 Å². The van der Waals surface area contributed by atoms with Crippen LogP contribution < -0.4 is 20.1 Å². The zero-order valence-corrected chi connectivity index (χ0v) is 14.4. The van der Waals surface area contributed by atoms with Gasteiger partial charge in [-0.3, -0.25) is 4.79 Å². The van der Waals surface area contributed by atoms with Crippen LogP contribution in [0.15, 0.2) is 18.2 Å². The van der Waals surface area contributed by atoms with Crippen LogP contribution >= 0.6 is 0 Å². The van der Waals surface area contributed by atoms with Crippen LogP contribution in [0.1, 0.15) is 38.2 Å². The molecular formula is C18H28N2O3. The van der Waals surface area contributed by atoms with Crippen LogP contribution in [0.5, 0.6) is 11.5 Å². The molecule has 0 bridgehead atoms. The highest BCUT2D eigenvalue weighted by molar-refractivity contribution is 5.81. The van der Waals surface area contributed by atoms with Gasteiger partial charge in [-0.05, 0) is 37.8 Å². The number of rotatable bonds is 8. The molecule has 2 rings (SSSR count). The zero-order valence-electron chi connectivity index (χ0n) is 14.4. The molecule has 1 aliphatic rings. The molecule has 128 valence electrons. The molecule has 0 spiro atoms. The molecule has 1 saturated carbocycles. The summed E-state index contributed by atoms with van der Waals surface area (Å²) >= 11 is 0. The Hall–Kier alpha value is -1.75. The Morgan fingerprint density at radius 1 is 1.26 bits per heavy atom. The van der Waals surface area contributed by atoms with Gasteiger partial charge >= 0.3 is 0 Å². The van der Waals surface area contributed by atoms with E-state index in [9.17, 15) is 4.79 Å². The summed E-state index contributed by atoms with van der Waals surface area (Å²) in [5, 5.41) is 6.41. The first-order valence-corrected chi connectivity index (χ1v) is 8.39. The number of hydrogen-bond acceptors (Lipinski definition) is 4. The molecule has 5 nitrogen and oxygen atoms in total. The van der Waals surface area contributed by atoms with E-state index in [-0.39, 0.29) is 11.9 Å². The molecule has 1 aliphatic carbocycles. The monoisotopic (exact) mass is 320 g/mol. The Balaban J connectivity index is 1.81. The van der Waals surface area contributed by atoms with Gasteiger partial charge in [-0.1, -0.05) is 25.0 Å². The summed E-state index contributed by atoms with van der Waals surface area (Å²) in [5.74, 6) is 1.59. The van der Waals surface area contributed by atoms with Crippen molar-refractivity contribution in [2.24, 2.45) is 0 Å². The van der Waals surface area contributed by atoms with Crippen LogP contribution in [0.4, 0.5) is 0 Å². The molecular weight excluding hydrogens is 292 g/mol. The van der Waals surface area contributed by atoms with Gasteiger partial charge in [0.2, 0.25) is 5.91 Å². The van der Waals surface area contributed by atoms with Gasteiger partial charge in [0.1, 0.15) is 0 Å². The summed E-state index contributed by atoms with van der Waals surface area (Å²) in [4.78, 5) is 12.1. The maximum absolute atomic E-state index is 12.1. The van der Waals surface area contributed by atoms with Crippen molar-refractivity contribution >= 4 is 5.91 Å². The minimum absolute atomic E-state index is 0.0921. The zero-order chi connectivity index (χ0) is 16.7. The van der Waals surface area contributed by atoms with Crippen molar-refractivity contribution in [2.75, 3.05) is 20.8 Å². The second kappa shape index (κ2) is 8.77. The van der Waals surface area contributed by atoms with Crippen LogP contribution in [0.3, 0.4) is 0 Å². The smallest absolute Gasteiger partial charge is 0.237 e. The van der Waals surface area contributed by atoms with E-state index in [2.05, 4.69) is 10.6 Å². The van der Waals surface area contributed by atoms with E-state index in [0.29, 0.717) is 12.6 Å². The summed E-state index contributed by atoms with van der Waals surface area (Å²) in [5.41, 5.74) is 1.07. The Labute approximate surface area is 138 Å². The quantitative estimate of drug-likeness (QED) is 0.771. The Bertz CT molecular complexity index is 513. The van der Waals surface area contributed by atoms with Crippen molar-refractivity contribution in [3.63, 3.8) is 0 Å². The Kier molecular flexibility index (Phi) is 6.71. The number of nitrogens with one attached hydrogen (secondary N) is 2. The number of benzene rings is 1. The van der Waals surface area contributed by atoms with E-state index >= 15 is 0 Å². The van der Waals surface area contributed by atoms with Gasteiger partial charge in [-0.25, -0.2) is 0 Å². The largest absolute Gasteiger partial charge is 0.493 e. The fourth-order valence-electron chi connectivity index (χ4n) is 3.06. The van der Waals surface area contributed by atoms with Crippen molar-refractivity contribution in [3.05, 3.63) is 23.8 Å². The number of hydrogen-bond donors (Lipinski definition) is 2. The molecule has 5 heteroatoms. The topological polar surface area (TPSA) is 59.6 Å². The van der Waals surface area contributed by atoms with Gasteiger partial charge in [-0.15, -0.1) is 0 Å². The lowest BCUT2D eigenvalue weighted by Gasteiger charge is -2.18. The first-order valence-electron chi connectivity index (χ1n) is 8.39. The molecule has 0 aromatic heterocycles. The average molecular weight is 320 g/mol. The van der Waals surface area contributed by atoms with Crippen molar-refractivity contribution < 1.29 is 14.3 Å². The molecule has 1 amide bonds. The SMILES string of the molecule is COc1cccc(CCN[C@H](C)C(=O)NC2CCCC2)c1OC. The van der Waals surface area contributed by atoms with Gasteiger partial charge < -0.3 is 20.1 Å². The fraction of sp³-hybridized carbons (Fsp3) is 0.611. The maximum atomic E-state index is 12.1. The Morgan fingerprint density at radius 2 is 2.00 bits per heavy atom. The van der Waals surface area contributed by atoms with Crippen LogP contribution in [0.25, 0.3) is 0 Å². The molecule has 23 heavy (non-hydrogen) atoms. The highest BCUT2D eigenvalue weighted by Gasteiger charge is 2.20. The van der Waals surface area contributed by atoms with E-state index in [1.54, 1.807) is 14.2 Å². The van der Waals surface area contributed by atoms with E-state index < -0.39 is 0 Å². The third kappa shape index (κ3) is 4.86. The first-order chi connectivity index (χ1) is 11.2. The highest BCUT2D eigenvalue weighted by Crippen LogP contribution is 2.30. The van der Waals surface area contributed by atoms with Gasteiger partial charge in [0.25, 0.3) is 0 Å². The second-order valence-electron chi connectivity index (χ2n) is 6.07. The molecule has 2 N–H and O–H groups in total. The van der Waals surface area contributed by atoms with Crippen molar-refractivity contribution in [1.82, 2.24) is 10.6 Å².